The van der Waals surface area contributed by atoms with Gasteiger partial charge < -0.3 is 5.73 Å². The second-order valence-corrected chi connectivity index (χ2v) is 14.1. The maximum atomic E-state index is 13.2. The zero-order chi connectivity index (χ0) is 36.4. The molecule has 0 saturated carbocycles. The van der Waals surface area contributed by atoms with Crippen LogP contribution in [0.4, 0.5) is 20.2 Å². The summed E-state index contributed by atoms with van der Waals surface area (Å²) in [4.78, 5) is 8.95. The van der Waals surface area contributed by atoms with E-state index in [9.17, 15) is 17.2 Å². The van der Waals surface area contributed by atoms with Crippen LogP contribution in [0, 0.1) is 11.6 Å². The summed E-state index contributed by atoms with van der Waals surface area (Å²) < 4.78 is 58.0. The van der Waals surface area contributed by atoms with Crippen molar-refractivity contribution >= 4 is 32.9 Å². The molecule has 0 saturated heterocycles. The molecule has 52 heavy (non-hydrogen) atoms. The van der Waals surface area contributed by atoms with Gasteiger partial charge >= 0.3 is 10.2 Å². The summed E-state index contributed by atoms with van der Waals surface area (Å²) in [6.07, 6.45) is 7.44. The lowest BCUT2D eigenvalue weighted by Crippen LogP contribution is -2.28. The topological polar surface area (TPSA) is 110 Å². The summed E-state index contributed by atoms with van der Waals surface area (Å²) in [5.41, 5.74) is 16.1. The van der Waals surface area contributed by atoms with Crippen molar-refractivity contribution in [3.8, 4) is 44.8 Å². The predicted octanol–water partition coefficient (Wildman–Crippen LogP) is 8.42. The molecule has 0 aliphatic rings. The van der Waals surface area contributed by atoms with Crippen molar-refractivity contribution in [2.45, 2.75) is 0 Å². The molecule has 0 fully saturated rings. The lowest BCUT2D eigenvalue weighted by atomic mass is 10.1. The number of imidazole rings is 2. The zero-order valence-electron chi connectivity index (χ0n) is 28.2. The Bertz CT molecular complexity index is 2640. The van der Waals surface area contributed by atoms with Gasteiger partial charge in [0.1, 0.15) is 22.9 Å². The number of hydrogen-bond acceptors (Lipinski definition) is 5. The van der Waals surface area contributed by atoms with Gasteiger partial charge in [0, 0.05) is 43.3 Å². The maximum absolute atomic E-state index is 13.2. The minimum Gasteiger partial charge on any atom is -0.399 e. The van der Waals surface area contributed by atoms with Crippen LogP contribution in [0.5, 0.6) is 0 Å². The minimum atomic E-state index is -3.58. The average Bonchev–Trinajstić information content (AvgIpc) is 3.76. The molecule has 0 amide bonds. The molecule has 4 aromatic carbocycles. The smallest absolute Gasteiger partial charge is 0.301 e. The lowest BCUT2D eigenvalue weighted by molar-refractivity contribution is 0.527. The van der Waals surface area contributed by atoms with E-state index >= 15 is 0 Å². The Kier molecular flexibility index (Phi) is 9.24. The highest BCUT2D eigenvalue weighted by Gasteiger charge is 2.14. The number of anilines is 2. The Morgan fingerprint density at radius 1 is 0.596 bits per heavy atom. The number of fused-ring (bicyclic) bond motifs is 2. The molecule has 8 rings (SSSR count). The quantitative estimate of drug-likeness (QED) is 0.161. The Morgan fingerprint density at radius 2 is 1.08 bits per heavy atom. The van der Waals surface area contributed by atoms with Gasteiger partial charge in [-0.2, -0.15) is 12.7 Å². The molecule has 0 aliphatic heterocycles. The number of rotatable bonds is 7. The molecule has 0 bridgehead atoms. The van der Waals surface area contributed by atoms with E-state index in [1.54, 1.807) is 48.7 Å². The number of benzene rings is 4. The number of nitrogen functional groups attached to an aromatic ring is 1. The number of nitrogens with zero attached hydrogens (tertiary/aromatic N) is 5. The largest absolute Gasteiger partial charge is 0.399 e. The first-order valence-corrected chi connectivity index (χ1v) is 17.6. The predicted molar refractivity (Wildman–Crippen MR) is 203 cm³/mol. The number of pyridine rings is 2. The Labute approximate surface area is 299 Å². The third-order valence-electron chi connectivity index (χ3n) is 8.45. The molecule has 0 aliphatic carbocycles. The van der Waals surface area contributed by atoms with Crippen LogP contribution in [-0.4, -0.2) is 45.6 Å². The Morgan fingerprint density at radius 3 is 1.56 bits per heavy atom. The van der Waals surface area contributed by atoms with E-state index < -0.39 is 10.2 Å². The number of halogens is 2. The lowest BCUT2D eigenvalue weighted by Gasteiger charge is -2.14. The molecule has 0 atom stereocenters. The van der Waals surface area contributed by atoms with Crippen molar-refractivity contribution in [2.75, 3.05) is 24.6 Å². The highest BCUT2D eigenvalue weighted by Crippen LogP contribution is 2.28. The summed E-state index contributed by atoms with van der Waals surface area (Å²) in [6, 6.07) is 35.5. The van der Waals surface area contributed by atoms with E-state index in [4.69, 9.17) is 5.73 Å². The molecule has 8 aromatic rings. The molecule has 0 spiro atoms. The maximum Gasteiger partial charge on any atom is 0.301 e. The van der Waals surface area contributed by atoms with Crippen LogP contribution in [0.15, 0.2) is 146 Å². The average molecular weight is 714 g/mol. The molecule has 4 heterocycles. The molecular formula is C40H33F2N7O2S. The van der Waals surface area contributed by atoms with Gasteiger partial charge in [0.2, 0.25) is 0 Å². The number of nitrogens with one attached hydrogen (secondary N) is 1. The standard InChI is InChI=1S/C21H19FN4O2S.C19H14FN3/c1-25(2)29(27,28)24-19-5-3-4-17(12-19)20-14-23-21-13-16(10-11-26(20)21)15-6-8-18(22)9-7-15;20-16-6-4-13(5-7-16)14-8-9-23-18(12-22-19(23)11-14)15-2-1-3-17(21)10-15/h3-14,24H,1-2H3;1-12H,21H2. The van der Waals surface area contributed by atoms with Gasteiger partial charge in [-0.05, 0) is 95.1 Å². The van der Waals surface area contributed by atoms with Crippen LogP contribution < -0.4 is 10.5 Å². The molecule has 260 valence electrons. The molecule has 12 heteroatoms. The summed E-state index contributed by atoms with van der Waals surface area (Å²) in [7, 11) is -0.649. The first-order valence-electron chi connectivity index (χ1n) is 16.2. The highest BCUT2D eigenvalue weighted by molar-refractivity contribution is 7.90. The third-order valence-corrected chi connectivity index (χ3v) is 9.90. The second kappa shape index (κ2) is 14.1. The number of nitrogens with two attached hydrogens (primary N) is 1. The van der Waals surface area contributed by atoms with Crippen LogP contribution >= 0.6 is 0 Å². The van der Waals surface area contributed by atoms with Crippen LogP contribution in [-0.2, 0) is 10.2 Å². The second-order valence-electron chi connectivity index (χ2n) is 12.2. The third kappa shape index (κ3) is 7.24. The minimum absolute atomic E-state index is 0.236. The van der Waals surface area contributed by atoms with E-state index in [1.165, 1.54) is 38.4 Å². The fraction of sp³-hybridized carbons (Fsp3) is 0.0500. The van der Waals surface area contributed by atoms with Crippen LogP contribution in [0.2, 0.25) is 0 Å². The molecule has 3 N–H and O–H groups in total. The van der Waals surface area contributed by atoms with Gasteiger partial charge in [-0.3, -0.25) is 13.5 Å². The normalized spacial score (nSPS) is 11.5. The number of hydrogen-bond donors (Lipinski definition) is 2. The fourth-order valence-corrected chi connectivity index (χ4v) is 6.32. The van der Waals surface area contributed by atoms with Gasteiger partial charge in [0.05, 0.1) is 29.5 Å². The SMILES string of the molecule is CN(C)S(=O)(=O)Nc1cccc(-c2cnc3cc(-c4ccc(F)cc4)ccn23)c1.Nc1cccc(-c2cnc3cc(-c4ccc(F)cc4)ccn23)c1. The van der Waals surface area contributed by atoms with E-state index in [-0.39, 0.29) is 11.6 Å². The van der Waals surface area contributed by atoms with Crippen molar-refractivity contribution in [2.24, 2.45) is 0 Å². The first-order chi connectivity index (χ1) is 25.0. The van der Waals surface area contributed by atoms with Gasteiger partial charge in [-0.15, -0.1) is 0 Å². The van der Waals surface area contributed by atoms with Crippen LogP contribution in [0.3, 0.4) is 0 Å². The van der Waals surface area contributed by atoms with Gasteiger partial charge in [-0.1, -0.05) is 48.5 Å². The fourth-order valence-electron chi connectivity index (χ4n) is 5.71. The molecule has 0 unspecified atom stereocenters. The zero-order valence-corrected chi connectivity index (χ0v) is 29.0. The monoisotopic (exact) mass is 713 g/mol. The first kappa shape index (κ1) is 34.1. The van der Waals surface area contributed by atoms with Gasteiger partial charge in [-0.25, -0.2) is 18.7 Å². The summed E-state index contributed by atoms with van der Waals surface area (Å²) in [5.74, 6) is -0.512. The van der Waals surface area contributed by atoms with Crippen molar-refractivity contribution in [3.05, 3.63) is 158 Å². The number of aromatic nitrogens is 4. The van der Waals surface area contributed by atoms with Crippen molar-refractivity contribution in [3.63, 3.8) is 0 Å². The highest BCUT2D eigenvalue weighted by atomic mass is 32.2. The van der Waals surface area contributed by atoms with Crippen molar-refractivity contribution in [1.82, 2.24) is 23.1 Å². The van der Waals surface area contributed by atoms with Crippen molar-refractivity contribution < 1.29 is 17.2 Å². The molecule has 0 radical (unpaired) electrons. The van der Waals surface area contributed by atoms with Gasteiger partial charge in [0.15, 0.2) is 0 Å². The van der Waals surface area contributed by atoms with E-state index in [2.05, 4.69) is 14.7 Å². The van der Waals surface area contributed by atoms with Gasteiger partial charge in [0.25, 0.3) is 0 Å². The van der Waals surface area contributed by atoms with E-state index in [0.717, 1.165) is 66.1 Å². The van der Waals surface area contributed by atoms with Crippen LogP contribution in [0.25, 0.3) is 56.1 Å². The van der Waals surface area contributed by atoms with E-state index in [0.29, 0.717) is 5.69 Å². The molecular weight excluding hydrogens is 681 g/mol. The summed E-state index contributed by atoms with van der Waals surface area (Å²) in [5, 5.41) is 0. The van der Waals surface area contributed by atoms with Crippen molar-refractivity contribution in [1.29, 1.82) is 0 Å². The summed E-state index contributed by atoms with van der Waals surface area (Å²) >= 11 is 0. The van der Waals surface area contributed by atoms with E-state index in [1.807, 2.05) is 82.0 Å². The molecule has 9 nitrogen and oxygen atoms in total. The summed E-state index contributed by atoms with van der Waals surface area (Å²) in [6.45, 7) is 0. The Balaban J connectivity index is 0.000000166. The molecule has 4 aromatic heterocycles. The van der Waals surface area contributed by atoms with Crippen LogP contribution in [0.1, 0.15) is 0 Å². The Hall–Kier alpha value is -6.37.